The second kappa shape index (κ2) is 7.44. The van der Waals surface area contributed by atoms with E-state index in [0.717, 1.165) is 6.54 Å². The average Bonchev–Trinajstić information content (AvgIpc) is 2.96. The van der Waals surface area contributed by atoms with Crippen LogP contribution in [0.1, 0.15) is 17.3 Å². The summed E-state index contributed by atoms with van der Waals surface area (Å²) < 4.78 is 7.38. The van der Waals surface area contributed by atoms with E-state index in [4.69, 9.17) is 9.84 Å². The van der Waals surface area contributed by atoms with Crippen molar-refractivity contribution in [3.63, 3.8) is 0 Å². The molecule has 0 radical (unpaired) electrons. The number of hydrogen-bond donors (Lipinski definition) is 2. The molecule has 21 heavy (non-hydrogen) atoms. The Bertz CT molecular complexity index is 569. The molecule has 2 aromatic rings. The summed E-state index contributed by atoms with van der Waals surface area (Å²) in [6.07, 6.45) is 3.66. The fraction of sp³-hybridized carbons (Fsp3) is 0.333. The molecule has 0 aliphatic heterocycles. The highest BCUT2D eigenvalue weighted by Crippen LogP contribution is 2.17. The third kappa shape index (κ3) is 4.61. The molecule has 6 heteroatoms. The predicted molar refractivity (Wildman–Crippen MR) is 78.6 cm³/mol. The summed E-state index contributed by atoms with van der Waals surface area (Å²) in [4.78, 5) is 11.0. The van der Waals surface area contributed by atoms with Gasteiger partial charge in [0.1, 0.15) is 17.9 Å². The van der Waals surface area contributed by atoms with Gasteiger partial charge in [-0.25, -0.2) is 4.79 Å². The SMILES string of the molecule is CC(Cn1cccn1)NCCOc1ccccc1C(=O)O. The molecule has 0 spiro atoms. The Balaban J connectivity index is 1.73. The van der Waals surface area contributed by atoms with Gasteiger partial charge in [0.05, 0.1) is 6.54 Å². The number of benzene rings is 1. The first-order valence-corrected chi connectivity index (χ1v) is 6.82. The minimum atomic E-state index is -0.981. The second-order valence-corrected chi connectivity index (χ2v) is 4.73. The Morgan fingerprint density at radius 2 is 2.24 bits per heavy atom. The summed E-state index contributed by atoms with van der Waals surface area (Å²) in [6.45, 7) is 3.88. The number of para-hydroxylation sites is 1. The van der Waals surface area contributed by atoms with E-state index in [-0.39, 0.29) is 11.6 Å². The van der Waals surface area contributed by atoms with Crippen molar-refractivity contribution >= 4 is 5.97 Å². The van der Waals surface area contributed by atoms with Gasteiger partial charge in [0.15, 0.2) is 0 Å². The molecule has 1 aromatic carbocycles. The fourth-order valence-electron chi connectivity index (χ4n) is 1.99. The maximum atomic E-state index is 11.0. The molecule has 1 atom stereocenters. The highest BCUT2D eigenvalue weighted by molar-refractivity contribution is 5.90. The molecule has 2 N–H and O–H groups in total. The van der Waals surface area contributed by atoms with Crippen LogP contribution >= 0.6 is 0 Å². The molecule has 0 aliphatic rings. The van der Waals surface area contributed by atoms with Crippen LogP contribution in [0.5, 0.6) is 5.75 Å². The van der Waals surface area contributed by atoms with Crippen molar-refractivity contribution in [3.8, 4) is 5.75 Å². The van der Waals surface area contributed by atoms with Crippen LogP contribution < -0.4 is 10.1 Å². The number of nitrogens with zero attached hydrogens (tertiary/aromatic N) is 2. The van der Waals surface area contributed by atoms with Crippen LogP contribution in [0.2, 0.25) is 0 Å². The van der Waals surface area contributed by atoms with E-state index in [2.05, 4.69) is 17.3 Å². The van der Waals surface area contributed by atoms with Crippen LogP contribution in [0.25, 0.3) is 0 Å². The molecule has 0 amide bonds. The Hall–Kier alpha value is -2.34. The maximum absolute atomic E-state index is 11.0. The number of aromatic nitrogens is 2. The smallest absolute Gasteiger partial charge is 0.339 e. The number of carboxylic acid groups (broad SMARTS) is 1. The van der Waals surface area contributed by atoms with Crippen molar-refractivity contribution in [1.29, 1.82) is 0 Å². The molecule has 1 heterocycles. The van der Waals surface area contributed by atoms with Crippen LogP contribution in [0.4, 0.5) is 0 Å². The lowest BCUT2D eigenvalue weighted by Crippen LogP contribution is -2.33. The Morgan fingerprint density at radius 3 is 2.95 bits per heavy atom. The van der Waals surface area contributed by atoms with Crippen molar-refractivity contribution in [3.05, 3.63) is 48.3 Å². The minimum Gasteiger partial charge on any atom is -0.491 e. The second-order valence-electron chi connectivity index (χ2n) is 4.73. The standard InChI is InChI=1S/C15H19N3O3/c1-12(11-18-9-4-7-17-18)16-8-10-21-14-6-3-2-5-13(14)15(19)20/h2-7,9,12,16H,8,10-11H2,1H3,(H,19,20). The van der Waals surface area contributed by atoms with Gasteiger partial charge >= 0.3 is 5.97 Å². The van der Waals surface area contributed by atoms with Crippen molar-refractivity contribution in [2.24, 2.45) is 0 Å². The Kier molecular flexibility index (Phi) is 5.34. The zero-order chi connectivity index (χ0) is 15.1. The number of hydrogen-bond acceptors (Lipinski definition) is 4. The van der Waals surface area contributed by atoms with E-state index in [1.54, 1.807) is 24.4 Å². The van der Waals surface area contributed by atoms with Crippen molar-refractivity contribution in [1.82, 2.24) is 15.1 Å². The molecule has 2 rings (SSSR count). The quantitative estimate of drug-likeness (QED) is 0.722. The third-order valence-corrected chi connectivity index (χ3v) is 2.99. The zero-order valence-electron chi connectivity index (χ0n) is 11.9. The van der Waals surface area contributed by atoms with Gasteiger partial charge in [0.2, 0.25) is 0 Å². The molecule has 1 aromatic heterocycles. The average molecular weight is 289 g/mol. The molecular formula is C15H19N3O3. The van der Waals surface area contributed by atoms with Crippen LogP contribution in [0.15, 0.2) is 42.7 Å². The zero-order valence-corrected chi connectivity index (χ0v) is 11.9. The molecule has 0 aliphatic carbocycles. The van der Waals surface area contributed by atoms with Crippen LogP contribution in [0, 0.1) is 0 Å². The first kappa shape index (κ1) is 15.1. The van der Waals surface area contributed by atoms with Crippen LogP contribution in [0.3, 0.4) is 0 Å². The number of rotatable bonds is 8. The molecule has 0 bridgehead atoms. The van der Waals surface area contributed by atoms with E-state index in [0.29, 0.717) is 18.9 Å². The molecule has 0 saturated heterocycles. The molecule has 6 nitrogen and oxygen atoms in total. The van der Waals surface area contributed by atoms with Gasteiger partial charge in [-0.15, -0.1) is 0 Å². The van der Waals surface area contributed by atoms with Crippen LogP contribution in [-0.2, 0) is 6.54 Å². The normalized spacial score (nSPS) is 12.0. The van der Waals surface area contributed by atoms with Gasteiger partial charge in [-0.1, -0.05) is 12.1 Å². The van der Waals surface area contributed by atoms with Crippen molar-refractivity contribution < 1.29 is 14.6 Å². The van der Waals surface area contributed by atoms with Gasteiger partial charge in [0.25, 0.3) is 0 Å². The Labute approximate surface area is 123 Å². The lowest BCUT2D eigenvalue weighted by atomic mass is 10.2. The van der Waals surface area contributed by atoms with E-state index in [1.165, 1.54) is 6.07 Å². The summed E-state index contributed by atoms with van der Waals surface area (Å²) >= 11 is 0. The summed E-state index contributed by atoms with van der Waals surface area (Å²) in [5, 5.41) is 16.5. The molecule has 112 valence electrons. The first-order valence-electron chi connectivity index (χ1n) is 6.82. The van der Waals surface area contributed by atoms with E-state index in [9.17, 15) is 4.79 Å². The van der Waals surface area contributed by atoms with Crippen molar-refractivity contribution in [2.45, 2.75) is 19.5 Å². The van der Waals surface area contributed by atoms with E-state index in [1.807, 2.05) is 16.9 Å². The predicted octanol–water partition coefficient (Wildman–Crippen LogP) is 1.64. The third-order valence-electron chi connectivity index (χ3n) is 2.99. The summed E-state index contributed by atoms with van der Waals surface area (Å²) in [5.41, 5.74) is 0.182. The number of nitrogens with one attached hydrogen (secondary N) is 1. The summed E-state index contributed by atoms with van der Waals surface area (Å²) in [7, 11) is 0. The van der Waals surface area contributed by atoms with Crippen molar-refractivity contribution in [2.75, 3.05) is 13.2 Å². The number of carbonyl (C=O) groups is 1. The Morgan fingerprint density at radius 1 is 1.43 bits per heavy atom. The van der Waals surface area contributed by atoms with Gasteiger partial charge in [-0.3, -0.25) is 4.68 Å². The highest BCUT2D eigenvalue weighted by atomic mass is 16.5. The monoisotopic (exact) mass is 289 g/mol. The summed E-state index contributed by atoms with van der Waals surface area (Å²) in [5.74, 6) is -0.586. The fourth-order valence-corrected chi connectivity index (χ4v) is 1.99. The highest BCUT2D eigenvalue weighted by Gasteiger charge is 2.10. The molecular weight excluding hydrogens is 270 g/mol. The van der Waals surface area contributed by atoms with Gasteiger partial charge in [0, 0.05) is 25.0 Å². The number of ether oxygens (including phenoxy) is 1. The minimum absolute atomic E-state index is 0.182. The molecule has 0 fully saturated rings. The number of carboxylic acids is 1. The topological polar surface area (TPSA) is 76.4 Å². The van der Waals surface area contributed by atoms with Crippen LogP contribution in [-0.4, -0.2) is 40.0 Å². The van der Waals surface area contributed by atoms with E-state index >= 15 is 0 Å². The number of aromatic carboxylic acids is 1. The van der Waals surface area contributed by atoms with Gasteiger partial charge < -0.3 is 15.2 Å². The lowest BCUT2D eigenvalue weighted by molar-refractivity contribution is 0.0692. The summed E-state index contributed by atoms with van der Waals surface area (Å²) in [6, 6.07) is 8.78. The lowest BCUT2D eigenvalue weighted by Gasteiger charge is -2.14. The van der Waals surface area contributed by atoms with E-state index < -0.39 is 5.97 Å². The van der Waals surface area contributed by atoms with Gasteiger partial charge in [-0.05, 0) is 25.1 Å². The molecule has 0 saturated carbocycles. The first-order chi connectivity index (χ1) is 10.2. The maximum Gasteiger partial charge on any atom is 0.339 e. The molecule has 1 unspecified atom stereocenters. The largest absolute Gasteiger partial charge is 0.491 e. The van der Waals surface area contributed by atoms with Gasteiger partial charge in [-0.2, -0.15) is 5.10 Å².